The molecular weight excluding hydrogens is 490 g/mol. The molecule has 0 bridgehead atoms. The second-order valence-corrected chi connectivity index (χ2v) is 8.51. The van der Waals surface area contributed by atoms with E-state index in [1.807, 2.05) is 30.3 Å². The topological polar surface area (TPSA) is 59.0 Å². The average molecular weight is 513 g/mol. The lowest BCUT2D eigenvalue weighted by Crippen LogP contribution is -2.39. The molecular formula is C21H23Br2NO4. The summed E-state index contributed by atoms with van der Waals surface area (Å²) in [6.45, 7) is 1.42. The summed E-state index contributed by atoms with van der Waals surface area (Å²) < 4.78 is 12.9. The Hall–Kier alpha value is -1.57. The minimum Gasteiger partial charge on any atom is -0.493 e. The van der Waals surface area contributed by atoms with E-state index in [1.165, 1.54) is 0 Å². The van der Waals surface area contributed by atoms with Gasteiger partial charge in [0.15, 0.2) is 11.5 Å². The molecule has 1 aliphatic heterocycles. The summed E-state index contributed by atoms with van der Waals surface area (Å²) in [4.78, 5) is 13.7. The van der Waals surface area contributed by atoms with Gasteiger partial charge in [0.05, 0.1) is 26.2 Å². The first kappa shape index (κ1) is 21.1. The van der Waals surface area contributed by atoms with Gasteiger partial charge in [-0.05, 0) is 55.3 Å². The molecule has 1 unspecified atom stereocenters. The van der Waals surface area contributed by atoms with Crippen LogP contribution in [0, 0.1) is 5.92 Å². The fraction of sp³-hybridized carbons (Fsp3) is 0.381. The molecule has 1 N–H and O–H groups in total. The van der Waals surface area contributed by atoms with Crippen molar-refractivity contribution in [3.8, 4) is 11.5 Å². The Bertz CT molecular complexity index is 850. The zero-order chi connectivity index (χ0) is 20.3. The number of ether oxygens (including phenoxy) is 2. The molecule has 1 aliphatic rings. The molecule has 3 rings (SSSR count). The number of aliphatic carboxylic acids is 1. The number of rotatable bonds is 6. The summed E-state index contributed by atoms with van der Waals surface area (Å²) >= 11 is 7.40. The van der Waals surface area contributed by atoms with E-state index < -0.39 is 5.97 Å². The first-order valence-corrected chi connectivity index (χ1v) is 10.7. The number of piperidine rings is 1. The third-order valence-electron chi connectivity index (χ3n) is 5.24. The minimum absolute atomic E-state index is 0.0421. The fourth-order valence-corrected chi connectivity index (χ4v) is 4.78. The Morgan fingerprint density at radius 3 is 2.21 bits per heavy atom. The number of hydrogen-bond donors (Lipinski definition) is 1. The third-order valence-corrected chi connectivity index (χ3v) is 6.65. The molecule has 1 atom stereocenters. The number of methoxy groups -OCH3 is 2. The Labute approximate surface area is 181 Å². The Morgan fingerprint density at radius 1 is 1.04 bits per heavy atom. The monoisotopic (exact) mass is 511 g/mol. The van der Waals surface area contributed by atoms with Crippen LogP contribution in [0.5, 0.6) is 11.5 Å². The number of nitrogens with zero attached hydrogens (tertiary/aromatic N) is 1. The molecule has 2 aromatic carbocycles. The lowest BCUT2D eigenvalue weighted by Gasteiger charge is -2.38. The molecule has 1 fully saturated rings. The van der Waals surface area contributed by atoms with Crippen molar-refractivity contribution in [1.29, 1.82) is 0 Å². The lowest BCUT2D eigenvalue weighted by atomic mass is 9.91. The Morgan fingerprint density at radius 2 is 1.64 bits per heavy atom. The molecule has 0 aromatic heterocycles. The molecule has 0 saturated carbocycles. The summed E-state index contributed by atoms with van der Waals surface area (Å²) in [5, 5.41) is 9.35. The molecule has 0 spiro atoms. The van der Waals surface area contributed by atoms with Crippen LogP contribution < -0.4 is 9.47 Å². The van der Waals surface area contributed by atoms with Crippen LogP contribution in [0.4, 0.5) is 0 Å². The van der Waals surface area contributed by atoms with Gasteiger partial charge in [0.1, 0.15) is 0 Å². The highest BCUT2D eigenvalue weighted by Gasteiger charge is 2.32. The van der Waals surface area contributed by atoms with E-state index in [0.717, 1.165) is 20.1 Å². The lowest BCUT2D eigenvalue weighted by molar-refractivity contribution is -0.143. The maximum atomic E-state index is 11.4. The van der Waals surface area contributed by atoms with Crippen LogP contribution in [0.25, 0.3) is 0 Å². The van der Waals surface area contributed by atoms with E-state index in [0.29, 0.717) is 37.4 Å². The molecule has 0 amide bonds. The van der Waals surface area contributed by atoms with Crippen LogP contribution in [-0.4, -0.2) is 43.3 Å². The molecule has 7 heteroatoms. The van der Waals surface area contributed by atoms with Gasteiger partial charge in [-0.1, -0.05) is 50.1 Å². The number of carboxylic acid groups (broad SMARTS) is 1. The Kier molecular flexibility index (Phi) is 7.01. The SMILES string of the molecule is COc1cc(Br)c(C(c2ccccc2Br)N2CCC(C(=O)O)CC2)cc1OC. The number of carbonyl (C=O) groups is 1. The van der Waals surface area contributed by atoms with Gasteiger partial charge >= 0.3 is 5.97 Å². The van der Waals surface area contributed by atoms with Crippen molar-refractivity contribution in [2.24, 2.45) is 5.92 Å². The molecule has 1 heterocycles. The first-order chi connectivity index (χ1) is 13.5. The Balaban J connectivity index is 2.06. The maximum absolute atomic E-state index is 11.4. The summed E-state index contributed by atoms with van der Waals surface area (Å²) in [6.07, 6.45) is 1.28. The predicted molar refractivity (Wildman–Crippen MR) is 115 cm³/mol. The number of likely N-dealkylation sites (tertiary alicyclic amines) is 1. The van der Waals surface area contributed by atoms with E-state index in [4.69, 9.17) is 9.47 Å². The predicted octanol–water partition coefficient (Wildman–Crippen LogP) is 5.11. The van der Waals surface area contributed by atoms with Crippen LogP contribution in [0.2, 0.25) is 0 Å². The van der Waals surface area contributed by atoms with Crippen molar-refractivity contribution in [1.82, 2.24) is 4.90 Å². The van der Waals surface area contributed by atoms with Gasteiger partial charge in [0.2, 0.25) is 0 Å². The number of halogens is 2. The van der Waals surface area contributed by atoms with Crippen LogP contribution in [0.15, 0.2) is 45.3 Å². The van der Waals surface area contributed by atoms with Gasteiger partial charge in [-0.25, -0.2) is 0 Å². The summed E-state index contributed by atoms with van der Waals surface area (Å²) in [5.74, 6) is 0.348. The first-order valence-electron chi connectivity index (χ1n) is 9.09. The van der Waals surface area contributed by atoms with Gasteiger partial charge in [-0.15, -0.1) is 0 Å². The van der Waals surface area contributed by atoms with Gasteiger partial charge in [0.25, 0.3) is 0 Å². The summed E-state index contributed by atoms with van der Waals surface area (Å²) in [6, 6.07) is 12.0. The standard InChI is InChI=1S/C21H23Br2NO4/c1-27-18-11-15(17(23)12-19(18)28-2)20(14-5-3-4-6-16(14)22)24-9-7-13(8-10-24)21(25)26/h3-6,11-13,20H,7-10H2,1-2H3,(H,25,26). The highest BCUT2D eigenvalue weighted by atomic mass is 79.9. The number of benzene rings is 2. The third kappa shape index (κ3) is 4.36. The molecule has 1 saturated heterocycles. The van der Waals surface area contributed by atoms with Crippen LogP contribution in [-0.2, 0) is 4.79 Å². The van der Waals surface area contributed by atoms with E-state index >= 15 is 0 Å². The zero-order valence-electron chi connectivity index (χ0n) is 15.8. The fourth-order valence-electron chi connectivity index (χ4n) is 3.74. The molecule has 28 heavy (non-hydrogen) atoms. The van der Waals surface area contributed by atoms with Crippen LogP contribution in [0.3, 0.4) is 0 Å². The van der Waals surface area contributed by atoms with E-state index in [9.17, 15) is 9.90 Å². The van der Waals surface area contributed by atoms with Crippen molar-refractivity contribution < 1.29 is 19.4 Å². The van der Waals surface area contributed by atoms with E-state index in [2.05, 4.69) is 42.8 Å². The van der Waals surface area contributed by atoms with Crippen molar-refractivity contribution >= 4 is 37.8 Å². The summed E-state index contributed by atoms with van der Waals surface area (Å²) in [5.41, 5.74) is 2.18. The average Bonchev–Trinajstić information content (AvgIpc) is 2.70. The molecule has 2 aromatic rings. The molecule has 0 aliphatic carbocycles. The van der Waals surface area contributed by atoms with Gasteiger partial charge in [-0.2, -0.15) is 0 Å². The molecule has 0 radical (unpaired) electrons. The van der Waals surface area contributed by atoms with Crippen LogP contribution >= 0.6 is 31.9 Å². The number of carboxylic acids is 1. The van der Waals surface area contributed by atoms with Crippen molar-refractivity contribution in [2.45, 2.75) is 18.9 Å². The summed E-state index contributed by atoms with van der Waals surface area (Å²) in [7, 11) is 3.24. The maximum Gasteiger partial charge on any atom is 0.306 e. The number of hydrogen-bond acceptors (Lipinski definition) is 4. The largest absolute Gasteiger partial charge is 0.493 e. The second kappa shape index (κ2) is 9.29. The van der Waals surface area contributed by atoms with Gasteiger partial charge in [-0.3, -0.25) is 9.69 Å². The van der Waals surface area contributed by atoms with Gasteiger partial charge < -0.3 is 14.6 Å². The highest BCUT2D eigenvalue weighted by molar-refractivity contribution is 9.10. The van der Waals surface area contributed by atoms with Crippen molar-refractivity contribution in [3.05, 3.63) is 56.5 Å². The van der Waals surface area contributed by atoms with E-state index in [-0.39, 0.29) is 12.0 Å². The van der Waals surface area contributed by atoms with Crippen molar-refractivity contribution in [3.63, 3.8) is 0 Å². The normalized spacial score (nSPS) is 16.6. The molecule has 150 valence electrons. The quantitative estimate of drug-likeness (QED) is 0.582. The second-order valence-electron chi connectivity index (χ2n) is 6.80. The molecule has 5 nitrogen and oxygen atoms in total. The van der Waals surface area contributed by atoms with Gasteiger partial charge in [0, 0.05) is 8.95 Å². The zero-order valence-corrected chi connectivity index (χ0v) is 19.0. The van der Waals surface area contributed by atoms with Crippen LogP contribution in [0.1, 0.15) is 30.0 Å². The minimum atomic E-state index is -0.704. The highest BCUT2D eigenvalue weighted by Crippen LogP contribution is 2.43. The van der Waals surface area contributed by atoms with Crippen molar-refractivity contribution in [2.75, 3.05) is 27.3 Å². The smallest absolute Gasteiger partial charge is 0.306 e. The van der Waals surface area contributed by atoms with E-state index in [1.54, 1.807) is 14.2 Å².